The lowest BCUT2D eigenvalue weighted by Gasteiger charge is -2.08. The number of halogens is 1. The molecule has 0 fully saturated rings. The molecule has 4 nitrogen and oxygen atoms in total. The molecule has 0 spiro atoms. The Balaban J connectivity index is 2.52. The number of aromatic carboxylic acids is 1. The Kier molecular flexibility index (Phi) is 2.43. The normalized spacial score (nSPS) is 10.2. The van der Waals surface area contributed by atoms with Crippen LogP contribution in [0.4, 0.5) is 0 Å². The van der Waals surface area contributed by atoms with Crippen LogP contribution in [0.5, 0.6) is 0 Å². The molecule has 1 aromatic carbocycles. The minimum absolute atomic E-state index is 0.0373. The number of nitrogens with zero attached hydrogens (tertiary/aromatic N) is 2. The van der Waals surface area contributed by atoms with E-state index in [1.165, 1.54) is 12.1 Å². The molecule has 15 heavy (non-hydrogen) atoms. The van der Waals surface area contributed by atoms with Crippen molar-refractivity contribution in [3.05, 3.63) is 47.2 Å². The summed E-state index contributed by atoms with van der Waals surface area (Å²) >= 11 is 5.70. The molecule has 1 heterocycles. The third-order valence-electron chi connectivity index (χ3n) is 1.94. The highest BCUT2D eigenvalue weighted by atomic mass is 35.5. The van der Waals surface area contributed by atoms with E-state index >= 15 is 0 Å². The van der Waals surface area contributed by atoms with Gasteiger partial charge in [0.2, 0.25) is 0 Å². The minimum Gasteiger partial charge on any atom is -0.545 e. The highest BCUT2D eigenvalue weighted by molar-refractivity contribution is 6.33. The number of hydrogen-bond acceptors (Lipinski definition) is 3. The fraction of sp³-hybridized carbons (Fsp3) is 0. The topological polar surface area (TPSA) is 57.9 Å². The van der Waals surface area contributed by atoms with Gasteiger partial charge in [0.1, 0.15) is 0 Å². The number of hydrogen-bond donors (Lipinski definition) is 0. The summed E-state index contributed by atoms with van der Waals surface area (Å²) < 4.78 is 1.54. The molecule has 0 atom stereocenters. The molecule has 0 saturated carbocycles. The van der Waals surface area contributed by atoms with Crippen LogP contribution in [0.3, 0.4) is 0 Å². The van der Waals surface area contributed by atoms with Crippen molar-refractivity contribution in [3.8, 4) is 5.69 Å². The van der Waals surface area contributed by atoms with Crippen LogP contribution in [0.25, 0.3) is 5.69 Å². The average molecular weight is 222 g/mol. The molecular weight excluding hydrogens is 216 g/mol. The van der Waals surface area contributed by atoms with E-state index in [1.54, 1.807) is 29.2 Å². The summed E-state index contributed by atoms with van der Waals surface area (Å²) in [4.78, 5) is 10.7. The third-order valence-corrected chi connectivity index (χ3v) is 2.27. The molecule has 0 N–H and O–H groups in total. The lowest BCUT2D eigenvalue weighted by Crippen LogP contribution is -2.22. The van der Waals surface area contributed by atoms with Crippen LogP contribution >= 0.6 is 11.6 Å². The van der Waals surface area contributed by atoms with E-state index in [9.17, 15) is 9.90 Å². The second-order valence-corrected chi connectivity index (χ2v) is 3.31. The number of benzene rings is 1. The maximum Gasteiger partial charge on any atom is 0.0731 e. The summed E-state index contributed by atoms with van der Waals surface area (Å²) in [7, 11) is 0. The number of carbonyl (C=O) groups excluding carboxylic acids is 1. The first-order valence-electron chi connectivity index (χ1n) is 4.19. The van der Waals surface area contributed by atoms with Crippen LogP contribution in [-0.2, 0) is 0 Å². The largest absolute Gasteiger partial charge is 0.545 e. The highest BCUT2D eigenvalue weighted by Crippen LogP contribution is 2.18. The first-order chi connectivity index (χ1) is 7.18. The monoisotopic (exact) mass is 221 g/mol. The van der Waals surface area contributed by atoms with E-state index in [0.717, 1.165) is 0 Å². The van der Waals surface area contributed by atoms with Gasteiger partial charge < -0.3 is 9.90 Å². The van der Waals surface area contributed by atoms with Crippen LogP contribution < -0.4 is 5.11 Å². The van der Waals surface area contributed by atoms with Crippen molar-refractivity contribution in [2.24, 2.45) is 0 Å². The molecule has 0 saturated heterocycles. The van der Waals surface area contributed by atoms with Crippen molar-refractivity contribution in [2.45, 2.75) is 0 Å². The molecule has 0 aliphatic heterocycles. The Morgan fingerprint density at radius 2 is 2.27 bits per heavy atom. The molecule has 0 radical (unpaired) electrons. The van der Waals surface area contributed by atoms with Gasteiger partial charge in [-0.3, -0.25) is 0 Å². The summed E-state index contributed by atoms with van der Waals surface area (Å²) in [5.74, 6) is -1.30. The van der Waals surface area contributed by atoms with Gasteiger partial charge in [-0.05, 0) is 24.3 Å². The molecule has 0 bridgehead atoms. The number of carboxylic acids is 1. The highest BCUT2D eigenvalue weighted by Gasteiger charge is 2.04. The zero-order valence-corrected chi connectivity index (χ0v) is 8.31. The van der Waals surface area contributed by atoms with Gasteiger partial charge in [0, 0.05) is 23.0 Å². The van der Waals surface area contributed by atoms with Crippen molar-refractivity contribution in [3.63, 3.8) is 0 Å². The lowest BCUT2D eigenvalue weighted by molar-refractivity contribution is -0.255. The zero-order chi connectivity index (χ0) is 10.8. The number of carboxylic acid groups (broad SMARTS) is 1. The van der Waals surface area contributed by atoms with Gasteiger partial charge in [-0.1, -0.05) is 11.6 Å². The predicted molar refractivity (Wildman–Crippen MR) is 52.9 cm³/mol. The maximum atomic E-state index is 10.7. The van der Waals surface area contributed by atoms with E-state index in [-0.39, 0.29) is 10.6 Å². The van der Waals surface area contributed by atoms with Crippen LogP contribution in [0.15, 0.2) is 36.7 Å². The van der Waals surface area contributed by atoms with E-state index in [0.29, 0.717) is 5.69 Å². The molecular formula is C10H6ClN2O2-. The molecule has 2 rings (SSSR count). The smallest absolute Gasteiger partial charge is 0.0731 e. The summed E-state index contributed by atoms with van der Waals surface area (Å²) in [6.45, 7) is 0. The number of rotatable bonds is 2. The van der Waals surface area contributed by atoms with Gasteiger partial charge in [0.05, 0.1) is 11.7 Å². The molecule has 2 aromatic rings. The first kappa shape index (κ1) is 9.73. The van der Waals surface area contributed by atoms with Crippen molar-refractivity contribution < 1.29 is 9.90 Å². The summed E-state index contributed by atoms with van der Waals surface area (Å²) in [6, 6.07) is 6.35. The molecule has 5 heteroatoms. The standard InChI is InChI=1S/C10H7ClN2O2/c11-9-3-2-7(6-8(9)10(14)15)13-5-1-4-12-13/h1-6H,(H,14,15)/p-1. The second kappa shape index (κ2) is 3.74. The predicted octanol–water partition coefficient (Wildman–Crippen LogP) is 0.889. The van der Waals surface area contributed by atoms with Gasteiger partial charge in [-0.2, -0.15) is 5.10 Å². The Hall–Kier alpha value is -1.81. The quantitative estimate of drug-likeness (QED) is 0.757. The molecule has 0 aliphatic carbocycles. The maximum absolute atomic E-state index is 10.7. The van der Waals surface area contributed by atoms with Crippen molar-refractivity contribution >= 4 is 17.6 Å². The SMILES string of the molecule is O=C([O-])c1cc(-n2cccn2)ccc1Cl. The van der Waals surface area contributed by atoms with Gasteiger partial charge in [0.15, 0.2) is 0 Å². The van der Waals surface area contributed by atoms with Gasteiger partial charge in [-0.15, -0.1) is 0 Å². The van der Waals surface area contributed by atoms with Gasteiger partial charge in [-0.25, -0.2) is 4.68 Å². The van der Waals surface area contributed by atoms with Crippen LogP contribution in [0.2, 0.25) is 5.02 Å². The average Bonchev–Trinajstić information content (AvgIpc) is 2.71. The Morgan fingerprint density at radius 1 is 1.47 bits per heavy atom. The van der Waals surface area contributed by atoms with Crippen molar-refractivity contribution in [1.82, 2.24) is 9.78 Å². The second-order valence-electron chi connectivity index (χ2n) is 2.90. The fourth-order valence-corrected chi connectivity index (χ4v) is 1.43. The van der Waals surface area contributed by atoms with Crippen LogP contribution in [0, 0.1) is 0 Å². The van der Waals surface area contributed by atoms with Gasteiger partial charge >= 0.3 is 0 Å². The van der Waals surface area contributed by atoms with E-state index in [1.807, 2.05) is 0 Å². The molecule has 0 unspecified atom stereocenters. The Bertz CT molecular complexity index is 494. The van der Waals surface area contributed by atoms with Crippen molar-refractivity contribution in [1.29, 1.82) is 0 Å². The fourth-order valence-electron chi connectivity index (χ4n) is 1.23. The van der Waals surface area contributed by atoms with Gasteiger partial charge in [0.25, 0.3) is 0 Å². The third kappa shape index (κ3) is 1.85. The lowest BCUT2D eigenvalue weighted by atomic mass is 10.2. The summed E-state index contributed by atoms with van der Waals surface area (Å²) in [5, 5.41) is 14.9. The van der Waals surface area contributed by atoms with Crippen LogP contribution in [0.1, 0.15) is 10.4 Å². The number of aromatic nitrogens is 2. The van der Waals surface area contributed by atoms with Crippen molar-refractivity contribution in [2.75, 3.05) is 0 Å². The molecule has 76 valence electrons. The summed E-state index contributed by atoms with van der Waals surface area (Å²) in [5.41, 5.74) is 0.591. The van der Waals surface area contributed by atoms with Crippen LogP contribution in [-0.4, -0.2) is 15.7 Å². The zero-order valence-electron chi connectivity index (χ0n) is 7.55. The van der Waals surface area contributed by atoms with E-state index in [2.05, 4.69) is 5.10 Å². The van der Waals surface area contributed by atoms with E-state index in [4.69, 9.17) is 11.6 Å². The molecule has 0 aliphatic rings. The molecule has 1 aromatic heterocycles. The minimum atomic E-state index is -1.30. The molecule has 0 amide bonds. The van der Waals surface area contributed by atoms with E-state index < -0.39 is 5.97 Å². The number of carbonyl (C=O) groups is 1. The summed E-state index contributed by atoms with van der Waals surface area (Å²) in [6.07, 6.45) is 3.32. The Labute approximate surface area is 90.7 Å². The first-order valence-corrected chi connectivity index (χ1v) is 4.57. The Morgan fingerprint density at radius 3 is 2.87 bits per heavy atom.